The summed E-state index contributed by atoms with van der Waals surface area (Å²) < 4.78 is 24.4. The van der Waals surface area contributed by atoms with Crippen LogP contribution in [0.2, 0.25) is 5.02 Å². The van der Waals surface area contributed by atoms with Gasteiger partial charge in [0, 0.05) is 23.4 Å². The van der Waals surface area contributed by atoms with Crippen LogP contribution in [0.25, 0.3) is 10.2 Å². The molecular weight excluding hydrogens is 477 g/mol. The maximum absolute atomic E-state index is 13.3. The van der Waals surface area contributed by atoms with Crippen molar-refractivity contribution in [3.05, 3.63) is 52.5 Å². The molecule has 168 valence electrons. The number of thiazole rings is 1. The highest BCUT2D eigenvalue weighted by molar-refractivity contribution is 7.90. The Morgan fingerprint density at radius 1 is 1.10 bits per heavy atom. The van der Waals surface area contributed by atoms with E-state index in [1.165, 1.54) is 23.5 Å². The summed E-state index contributed by atoms with van der Waals surface area (Å²) in [6.07, 6.45) is 1.92. The van der Waals surface area contributed by atoms with Crippen molar-refractivity contribution in [2.45, 2.75) is 18.2 Å². The van der Waals surface area contributed by atoms with Gasteiger partial charge in [-0.05, 0) is 75.9 Å². The Hall–Kier alpha value is -1.71. The number of carbonyl (C=O) groups excluding carboxylic acids is 1. The monoisotopic (exact) mass is 501 g/mol. The highest BCUT2D eigenvalue weighted by Gasteiger charge is 2.22. The van der Waals surface area contributed by atoms with Gasteiger partial charge in [0.05, 0.1) is 15.1 Å². The maximum Gasteiger partial charge on any atom is 0.260 e. The average molecular weight is 502 g/mol. The minimum Gasteiger partial charge on any atom is -0.309 e. The zero-order valence-electron chi connectivity index (χ0n) is 17.8. The van der Waals surface area contributed by atoms with Gasteiger partial charge in [-0.1, -0.05) is 22.9 Å². The molecule has 10 heteroatoms. The lowest BCUT2D eigenvalue weighted by atomic mass is 10.2. The molecule has 2 aromatic carbocycles. The lowest BCUT2D eigenvalue weighted by molar-refractivity contribution is 0.0986. The molecular formula is C21H25Cl2N3O3S2. The highest BCUT2D eigenvalue weighted by atomic mass is 35.5. The van der Waals surface area contributed by atoms with Crippen LogP contribution in [0, 0.1) is 6.92 Å². The normalized spacial score (nSPS) is 11.5. The molecule has 0 aliphatic rings. The third-order valence-electron chi connectivity index (χ3n) is 4.73. The second-order valence-corrected chi connectivity index (χ2v) is 10.9. The number of rotatable bonds is 7. The van der Waals surface area contributed by atoms with Gasteiger partial charge >= 0.3 is 0 Å². The Morgan fingerprint density at radius 3 is 2.32 bits per heavy atom. The summed E-state index contributed by atoms with van der Waals surface area (Å²) in [5, 5.41) is 1.24. The molecule has 0 saturated heterocycles. The molecule has 0 aliphatic carbocycles. The van der Waals surface area contributed by atoms with Crippen LogP contribution >= 0.6 is 35.3 Å². The predicted molar refractivity (Wildman–Crippen MR) is 131 cm³/mol. The number of hydrogen-bond donors (Lipinski definition) is 0. The van der Waals surface area contributed by atoms with E-state index in [2.05, 4.69) is 4.90 Å². The molecule has 0 fully saturated rings. The standard InChI is InChI=1S/C21H24ClN3O3S2.ClH/c1-14-17(22)10-11-18-19(14)23-21(29-18)25(13-5-12-24(2)3)20(26)15-6-8-16(9-7-15)30(4,27)28;/h6-11H,5,12-13H2,1-4H3;1H. The quantitative estimate of drug-likeness (QED) is 0.469. The molecule has 1 aromatic heterocycles. The van der Waals surface area contributed by atoms with Crippen LogP contribution < -0.4 is 4.90 Å². The third kappa shape index (κ3) is 5.96. The number of anilines is 1. The van der Waals surface area contributed by atoms with E-state index in [4.69, 9.17) is 16.6 Å². The van der Waals surface area contributed by atoms with Gasteiger partial charge in [0.25, 0.3) is 5.91 Å². The molecule has 1 amide bonds. The average Bonchev–Trinajstić information content (AvgIpc) is 3.11. The first-order valence-corrected chi connectivity index (χ1v) is 12.5. The van der Waals surface area contributed by atoms with Gasteiger partial charge in [-0.25, -0.2) is 13.4 Å². The van der Waals surface area contributed by atoms with Crippen LogP contribution in [-0.2, 0) is 9.84 Å². The van der Waals surface area contributed by atoms with Crippen molar-refractivity contribution in [3.8, 4) is 0 Å². The first kappa shape index (κ1) is 25.5. The number of nitrogens with zero attached hydrogens (tertiary/aromatic N) is 3. The molecule has 0 N–H and O–H groups in total. The second kappa shape index (κ2) is 10.3. The van der Waals surface area contributed by atoms with Crippen LogP contribution in [0.1, 0.15) is 22.3 Å². The molecule has 0 spiro atoms. The van der Waals surface area contributed by atoms with E-state index in [1.54, 1.807) is 17.0 Å². The van der Waals surface area contributed by atoms with E-state index >= 15 is 0 Å². The topological polar surface area (TPSA) is 70.6 Å². The minimum atomic E-state index is -3.32. The summed E-state index contributed by atoms with van der Waals surface area (Å²) in [4.78, 5) is 21.9. The van der Waals surface area contributed by atoms with Crippen molar-refractivity contribution in [2.24, 2.45) is 0 Å². The first-order valence-electron chi connectivity index (χ1n) is 9.40. The van der Waals surface area contributed by atoms with Crippen LogP contribution in [0.5, 0.6) is 0 Å². The van der Waals surface area contributed by atoms with E-state index in [1.807, 2.05) is 33.2 Å². The molecule has 0 saturated carbocycles. The van der Waals surface area contributed by atoms with Gasteiger partial charge in [-0.2, -0.15) is 0 Å². The molecule has 0 atom stereocenters. The molecule has 31 heavy (non-hydrogen) atoms. The zero-order valence-corrected chi connectivity index (χ0v) is 21.0. The van der Waals surface area contributed by atoms with E-state index in [-0.39, 0.29) is 23.2 Å². The molecule has 0 bridgehead atoms. The number of halogens is 2. The van der Waals surface area contributed by atoms with E-state index < -0.39 is 9.84 Å². The maximum atomic E-state index is 13.3. The van der Waals surface area contributed by atoms with Crippen molar-refractivity contribution < 1.29 is 13.2 Å². The number of aryl methyl sites for hydroxylation is 1. The molecule has 1 heterocycles. The SMILES string of the molecule is Cc1c(Cl)ccc2sc(N(CCCN(C)C)C(=O)c3ccc(S(C)(=O)=O)cc3)nc12.Cl. The Kier molecular flexibility index (Phi) is 8.47. The Balaban J connectivity index is 0.00000341. The summed E-state index contributed by atoms with van der Waals surface area (Å²) in [5.74, 6) is -0.211. The van der Waals surface area contributed by atoms with E-state index in [0.29, 0.717) is 22.3 Å². The second-order valence-electron chi connectivity index (χ2n) is 7.43. The summed E-state index contributed by atoms with van der Waals surface area (Å²) in [7, 11) is 0.650. The third-order valence-corrected chi connectivity index (χ3v) is 7.31. The van der Waals surface area contributed by atoms with Crippen LogP contribution in [-0.4, -0.2) is 57.6 Å². The number of amides is 1. The zero-order chi connectivity index (χ0) is 22.1. The molecule has 0 aliphatic heterocycles. The highest BCUT2D eigenvalue weighted by Crippen LogP contribution is 2.34. The number of hydrogen-bond acceptors (Lipinski definition) is 6. The van der Waals surface area contributed by atoms with Gasteiger partial charge in [-0.15, -0.1) is 12.4 Å². The Bertz CT molecular complexity index is 1180. The molecule has 0 radical (unpaired) electrons. The van der Waals surface area contributed by atoms with Crippen molar-refractivity contribution in [2.75, 3.05) is 38.3 Å². The number of carbonyl (C=O) groups is 1. The smallest absolute Gasteiger partial charge is 0.260 e. The molecule has 3 aromatic rings. The van der Waals surface area contributed by atoms with E-state index in [9.17, 15) is 13.2 Å². The largest absolute Gasteiger partial charge is 0.309 e. The van der Waals surface area contributed by atoms with Crippen molar-refractivity contribution in [1.82, 2.24) is 9.88 Å². The minimum absolute atomic E-state index is 0. The fourth-order valence-corrected chi connectivity index (χ4v) is 4.87. The molecule has 3 rings (SSSR count). The van der Waals surface area contributed by atoms with Gasteiger partial charge in [-0.3, -0.25) is 9.69 Å². The fourth-order valence-electron chi connectivity index (χ4n) is 3.03. The summed E-state index contributed by atoms with van der Waals surface area (Å²) in [5.41, 5.74) is 2.09. The van der Waals surface area contributed by atoms with Gasteiger partial charge in [0.15, 0.2) is 15.0 Å². The predicted octanol–water partition coefficient (Wildman–Crippen LogP) is 4.68. The Labute approximate surface area is 198 Å². The van der Waals surface area contributed by atoms with Crippen molar-refractivity contribution in [3.63, 3.8) is 0 Å². The first-order chi connectivity index (χ1) is 14.1. The Morgan fingerprint density at radius 2 is 1.74 bits per heavy atom. The van der Waals surface area contributed by atoms with Gasteiger partial charge in [0.2, 0.25) is 0 Å². The number of aromatic nitrogens is 1. The van der Waals surface area contributed by atoms with Crippen molar-refractivity contribution >= 4 is 66.4 Å². The van der Waals surface area contributed by atoms with Gasteiger partial charge in [0.1, 0.15) is 0 Å². The van der Waals surface area contributed by atoms with Crippen molar-refractivity contribution in [1.29, 1.82) is 0 Å². The summed E-state index contributed by atoms with van der Waals surface area (Å²) >= 11 is 7.68. The summed E-state index contributed by atoms with van der Waals surface area (Å²) in [6, 6.07) is 9.77. The molecule has 6 nitrogen and oxygen atoms in total. The lowest BCUT2D eigenvalue weighted by Crippen LogP contribution is -2.33. The van der Waals surface area contributed by atoms with Crippen LogP contribution in [0.15, 0.2) is 41.3 Å². The number of sulfone groups is 1. The fraction of sp³-hybridized carbons (Fsp3) is 0.333. The molecule has 0 unspecified atom stereocenters. The van der Waals surface area contributed by atoms with Gasteiger partial charge < -0.3 is 4.90 Å². The van der Waals surface area contributed by atoms with Crippen LogP contribution in [0.3, 0.4) is 0 Å². The lowest BCUT2D eigenvalue weighted by Gasteiger charge is -2.21. The number of fused-ring (bicyclic) bond motifs is 1. The summed E-state index contributed by atoms with van der Waals surface area (Å²) in [6.45, 7) is 3.24. The number of benzene rings is 2. The van der Waals surface area contributed by atoms with Crippen LogP contribution in [0.4, 0.5) is 5.13 Å². The van der Waals surface area contributed by atoms with E-state index in [0.717, 1.165) is 35.0 Å².